The van der Waals surface area contributed by atoms with Crippen molar-refractivity contribution in [2.75, 3.05) is 12.4 Å². The highest BCUT2D eigenvalue weighted by Gasteiger charge is 2.18. The zero-order valence-corrected chi connectivity index (χ0v) is 11.6. The van der Waals surface area contributed by atoms with Crippen LogP contribution in [0.5, 0.6) is 0 Å². The molecule has 0 fully saturated rings. The summed E-state index contributed by atoms with van der Waals surface area (Å²) >= 11 is 5.65. The quantitative estimate of drug-likeness (QED) is 0.823. The fourth-order valence-electron chi connectivity index (χ4n) is 1.77. The van der Waals surface area contributed by atoms with Gasteiger partial charge < -0.3 is 9.73 Å². The SMILES string of the molecule is Cc1oc(C)c(C(=O)NCC(C)CCCl)c1C. The van der Waals surface area contributed by atoms with Gasteiger partial charge in [-0.3, -0.25) is 4.79 Å². The zero-order chi connectivity index (χ0) is 13.0. The molecule has 0 bridgehead atoms. The van der Waals surface area contributed by atoms with Crippen molar-refractivity contribution in [1.29, 1.82) is 0 Å². The van der Waals surface area contributed by atoms with Crippen molar-refractivity contribution in [3.8, 4) is 0 Å². The first-order valence-corrected chi connectivity index (χ1v) is 6.41. The lowest BCUT2D eigenvalue weighted by Gasteiger charge is -2.11. The maximum Gasteiger partial charge on any atom is 0.255 e. The van der Waals surface area contributed by atoms with Crippen molar-refractivity contribution in [3.05, 3.63) is 22.6 Å². The number of aryl methyl sites for hydroxylation is 2. The summed E-state index contributed by atoms with van der Waals surface area (Å²) in [6, 6.07) is 0. The number of hydrogen-bond acceptors (Lipinski definition) is 2. The van der Waals surface area contributed by atoms with Gasteiger partial charge in [-0.05, 0) is 33.1 Å². The first kappa shape index (κ1) is 14.1. The summed E-state index contributed by atoms with van der Waals surface area (Å²) in [6.07, 6.45) is 0.907. The average Bonchev–Trinajstić information content (AvgIpc) is 2.50. The minimum atomic E-state index is -0.0572. The molecule has 0 aliphatic rings. The van der Waals surface area contributed by atoms with E-state index in [2.05, 4.69) is 12.2 Å². The Labute approximate surface area is 108 Å². The predicted molar refractivity (Wildman–Crippen MR) is 69.8 cm³/mol. The van der Waals surface area contributed by atoms with Crippen molar-refractivity contribution in [1.82, 2.24) is 5.32 Å². The molecule has 0 saturated heterocycles. The lowest BCUT2D eigenvalue weighted by Crippen LogP contribution is -2.29. The predicted octanol–water partition coefficient (Wildman–Crippen LogP) is 3.20. The molecule has 0 spiro atoms. The van der Waals surface area contributed by atoms with Gasteiger partial charge >= 0.3 is 0 Å². The molecule has 1 unspecified atom stereocenters. The number of halogens is 1. The van der Waals surface area contributed by atoms with E-state index >= 15 is 0 Å². The average molecular weight is 258 g/mol. The Morgan fingerprint density at radius 3 is 2.47 bits per heavy atom. The largest absolute Gasteiger partial charge is 0.466 e. The highest BCUT2D eigenvalue weighted by atomic mass is 35.5. The van der Waals surface area contributed by atoms with Crippen molar-refractivity contribution in [2.45, 2.75) is 34.1 Å². The van der Waals surface area contributed by atoms with Crippen LogP contribution in [0.4, 0.5) is 0 Å². The van der Waals surface area contributed by atoms with E-state index in [9.17, 15) is 4.79 Å². The Morgan fingerprint density at radius 2 is 2.00 bits per heavy atom. The molecule has 1 atom stereocenters. The molecule has 0 radical (unpaired) electrons. The van der Waals surface area contributed by atoms with E-state index in [0.717, 1.165) is 17.7 Å². The number of alkyl halides is 1. The molecule has 1 N–H and O–H groups in total. The van der Waals surface area contributed by atoms with Crippen molar-refractivity contribution >= 4 is 17.5 Å². The standard InChI is InChI=1S/C13H20ClNO2/c1-8(5-6-14)7-15-13(16)12-9(2)10(3)17-11(12)4/h8H,5-7H2,1-4H3,(H,15,16). The second-order valence-corrected chi connectivity index (χ2v) is 4.89. The summed E-state index contributed by atoms with van der Waals surface area (Å²) in [7, 11) is 0. The molecule has 17 heavy (non-hydrogen) atoms. The highest BCUT2D eigenvalue weighted by molar-refractivity contribution is 6.17. The second-order valence-electron chi connectivity index (χ2n) is 4.51. The van der Waals surface area contributed by atoms with Gasteiger partial charge in [0.05, 0.1) is 5.56 Å². The third kappa shape index (κ3) is 3.50. The van der Waals surface area contributed by atoms with Crippen LogP contribution in [-0.2, 0) is 0 Å². The van der Waals surface area contributed by atoms with Gasteiger partial charge in [-0.2, -0.15) is 0 Å². The van der Waals surface area contributed by atoms with Crippen molar-refractivity contribution in [2.24, 2.45) is 5.92 Å². The summed E-state index contributed by atoms with van der Waals surface area (Å²) in [5, 5.41) is 2.92. The molecule has 1 aromatic rings. The first-order chi connectivity index (χ1) is 7.97. The molecule has 0 aliphatic carbocycles. The number of carbonyl (C=O) groups is 1. The van der Waals surface area contributed by atoms with Crippen LogP contribution in [0.15, 0.2) is 4.42 Å². The Morgan fingerprint density at radius 1 is 1.35 bits per heavy atom. The smallest absolute Gasteiger partial charge is 0.255 e. The van der Waals surface area contributed by atoms with E-state index in [4.69, 9.17) is 16.0 Å². The molecule has 96 valence electrons. The minimum Gasteiger partial charge on any atom is -0.466 e. The number of amides is 1. The molecule has 1 amide bonds. The van der Waals surface area contributed by atoms with Gasteiger partial charge in [0.15, 0.2) is 0 Å². The van der Waals surface area contributed by atoms with Crippen LogP contribution in [0.25, 0.3) is 0 Å². The van der Waals surface area contributed by atoms with E-state index in [1.54, 1.807) is 0 Å². The van der Waals surface area contributed by atoms with Crippen molar-refractivity contribution < 1.29 is 9.21 Å². The van der Waals surface area contributed by atoms with Crippen LogP contribution in [0.2, 0.25) is 0 Å². The number of carbonyl (C=O) groups excluding carboxylic acids is 1. The Hall–Kier alpha value is -0.960. The summed E-state index contributed by atoms with van der Waals surface area (Å²) < 4.78 is 5.44. The van der Waals surface area contributed by atoms with Crippen LogP contribution < -0.4 is 5.32 Å². The first-order valence-electron chi connectivity index (χ1n) is 5.88. The molecule has 0 aliphatic heterocycles. The van der Waals surface area contributed by atoms with Gasteiger partial charge in [-0.1, -0.05) is 6.92 Å². The molecule has 1 heterocycles. The number of rotatable bonds is 5. The second kappa shape index (κ2) is 6.10. The lowest BCUT2D eigenvalue weighted by atomic mass is 10.1. The number of hydrogen-bond donors (Lipinski definition) is 1. The molecule has 0 saturated carbocycles. The highest BCUT2D eigenvalue weighted by Crippen LogP contribution is 2.20. The molecular weight excluding hydrogens is 238 g/mol. The molecule has 1 rings (SSSR count). The Bertz CT molecular complexity index is 398. The van der Waals surface area contributed by atoms with E-state index in [1.165, 1.54) is 0 Å². The normalized spacial score (nSPS) is 12.5. The molecule has 1 aromatic heterocycles. The van der Waals surface area contributed by atoms with Crippen LogP contribution >= 0.6 is 11.6 Å². The maximum atomic E-state index is 12.0. The van der Waals surface area contributed by atoms with E-state index in [-0.39, 0.29) is 5.91 Å². The molecule has 0 aromatic carbocycles. The molecule has 4 heteroatoms. The van der Waals surface area contributed by atoms with Gasteiger partial charge in [-0.25, -0.2) is 0 Å². The van der Waals surface area contributed by atoms with Gasteiger partial charge in [0.2, 0.25) is 0 Å². The monoisotopic (exact) mass is 257 g/mol. The third-order valence-corrected chi connectivity index (χ3v) is 3.22. The van der Waals surface area contributed by atoms with Gasteiger partial charge in [0.25, 0.3) is 5.91 Å². The number of furan rings is 1. The summed E-state index contributed by atoms with van der Waals surface area (Å²) in [5.41, 5.74) is 1.59. The summed E-state index contributed by atoms with van der Waals surface area (Å²) in [6.45, 7) is 8.31. The van der Waals surface area contributed by atoms with E-state index < -0.39 is 0 Å². The fourth-order valence-corrected chi connectivity index (χ4v) is 2.14. The topological polar surface area (TPSA) is 42.2 Å². The summed E-state index contributed by atoms with van der Waals surface area (Å²) in [4.78, 5) is 12.0. The third-order valence-electron chi connectivity index (χ3n) is 3.00. The summed E-state index contributed by atoms with van der Waals surface area (Å²) in [5.74, 6) is 2.45. The van der Waals surface area contributed by atoms with Crippen LogP contribution in [0.3, 0.4) is 0 Å². The maximum absolute atomic E-state index is 12.0. The minimum absolute atomic E-state index is 0.0572. The number of nitrogens with one attached hydrogen (secondary N) is 1. The zero-order valence-electron chi connectivity index (χ0n) is 10.9. The van der Waals surface area contributed by atoms with Gasteiger partial charge in [0.1, 0.15) is 11.5 Å². The molecular formula is C13H20ClNO2. The van der Waals surface area contributed by atoms with Crippen LogP contribution in [0, 0.1) is 26.7 Å². The Kier molecular flexibility index (Phi) is 5.06. The van der Waals surface area contributed by atoms with Gasteiger partial charge in [-0.15, -0.1) is 11.6 Å². The van der Waals surface area contributed by atoms with Crippen LogP contribution in [-0.4, -0.2) is 18.3 Å². The van der Waals surface area contributed by atoms with E-state index in [0.29, 0.717) is 29.7 Å². The Balaban J connectivity index is 2.64. The van der Waals surface area contributed by atoms with Crippen LogP contribution in [0.1, 0.15) is 40.8 Å². The fraction of sp³-hybridized carbons (Fsp3) is 0.615. The van der Waals surface area contributed by atoms with E-state index in [1.807, 2.05) is 20.8 Å². The van der Waals surface area contributed by atoms with Gasteiger partial charge in [0, 0.05) is 18.0 Å². The molecule has 3 nitrogen and oxygen atoms in total. The van der Waals surface area contributed by atoms with Crippen molar-refractivity contribution in [3.63, 3.8) is 0 Å². The lowest BCUT2D eigenvalue weighted by molar-refractivity contribution is 0.0946.